The number of amides is 1. The molecule has 0 spiro atoms. The highest BCUT2D eigenvalue weighted by Crippen LogP contribution is 2.28. The van der Waals surface area contributed by atoms with Crippen molar-refractivity contribution >= 4 is 32.6 Å². The van der Waals surface area contributed by atoms with Gasteiger partial charge in [0.05, 0.1) is 10.2 Å². The minimum Gasteiger partial charge on any atom is -0.484 e. The lowest BCUT2D eigenvalue weighted by Gasteiger charge is -2.22. The Kier molecular flexibility index (Phi) is 5.63. The standard InChI is InChI=1S/C19H21N3O2S/c1-21(2)12-13-22(18(23)14-24-15-8-4-3-5-9-15)19-20-16-10-6-7-11-17(16)25-19/h3-11H,12-14H2,1-2H3. The summed E-state index contributed by atoms with van der Waals surface area (Å²) in [5.74, 6) is 0.595. The van der Waals surface area contributed by atoms with Gasteiger partial charge in [-0.2, -0.15) is 0 Å². The molecule has 0 N–H and O–H groups in total. The quantitative estimate of drug-likeness (QED) is 0.653. The van der Waals surface area contributed by atoms with Crippen LogP contribution in [0, 0.1) is 0 Å². The van der Waals surface area contributed by atoms with Gasteiger partial charge in [-0.1, -0.05) is 41.7 Å². The van der Waals surface area contributed by atoms with E-state index in [0.717, 1.165) is 16.8 Å². The first-order valence-corrected chi connectivity index (χ1v) is 8.93. The van der Waals surface area contributed by atoms with Crippen molar-refractivity contribution in [3.05, 3.63) is 54.6 Å². The number of nitrogens with zero attached hydrogens (tertiary/aromatic N) is 3. The number of thiazole rings is 1. The van der Waals surface area contributed by atoms with Crippen molar-refractivity contribution in [2.75, 3.05) is 38.7 Å². The van der Waals surface area contributed by atoms with Crippen molar-refractivity contribution in [1.82, 2.24) is 9.88 Å². The summed E-state index contributed by atoms with van der Waals surface area (Å²) in [5, 5.41) is 0.713. The van der Waals surface area contributed by atoms with E-state index < -0.39 is 0 Å². The van der Waals surface area contributed by atoms with E-state index in [1.165, 1.54) is 11.3 Å². The number of carbonyl (C=O) groups excluding carboxylic acids is 1. The van der Waals surface area contributed by atoms with Crippen LogP contribution in [0.5, 0.6) is 5.75 Å². The van der Waals surface area contributed by atoms with E-state index >= 15 is 0 Å². The van der Waals surface area contributed by atoms with Crippen LogP contribution in [0.4, 0.5) is 5.13 Å². The topological polar surface area (TPSA) is 45.7 Å². The second kappa shape index (κ2) is 8.09. The van der Waals surface area contributed by atoms with Gasteiger partial charge in [-0.15, -0.1) is 0 Å². The van der Waals surface area contributed by atoms with Crippen molar-refractivity contribution in [3.63, 3.8) is 0 Å². The monoisotopic (exact) mass is 355 g/mol. The maximum atomic E-state index is 12.8. The van der Waals surface area contributed by atoms with Crippen LogP contribution in [0.25, 0.3) is 10.2 Å². The summed E-state index contributed by atoms with van der Waals surface area (Å²) in [4.78, 5) is 21.1. The van der Waals surface area contributed by atoms with Gasteiger partial charge in [-0.3, -0.25) is 9.69 Å². The molecule has 0 fully saturated rings. The van der Waals surface area contributed by atoms with Gasteiger partial charge in [0.2, 0.25) is 0 Å². The fourth-order valence-electron chi connectivity index (χ4n) is 2.34. The van der Waals surface area contributed by atoms with Crippen molar-refractivity contribution in [2.24, 2.45) is 0 Å². The van der Waals surface area contributed by atoms with Gasteiger partial charge in [0.15, 0.2) is 11.7 Å². The SMILES string of the molecule is CN(C)CCN(C(=O)COc1ccccc1)c1nc2ccccc2s1. The summed E-state index contributed by atoms with van der Waals surface area (Å²) in [6.45, 7) is 1.32. The first-order valence-electron chi connectivity index (χ1n) is 8.12. The Bertz CT molecular complexity index is 800. The van der Waals surface area contributed by atoms with E-state index in [0.29, 0.717) is 17.4 Å². The van der Waals surface area contributed by atoms with Crippen LogP contribution in [-0.4, -0.2) is 49.6 Å². The molecule has 1 amide bonds. The Balaban J connectivity index is 1.77. The second-order valence-corrected chi connectivity index (χ2v) is 6.92. The fourth-order valence-corrected chi connectivity index (χ4v) is 3.35. The number of ether oxygens (including phenoxy) is 1. The minimum atomic E-state index is -0.0928. The van der Waals surface area contributed by atoms with E-state index in [-0.39, 0.29) is 12.5 Å². The van der Waals surface area contributed by atoms with Crippen LogP contribution in [0.1, 0.15) is 0 Å². The summed E-state index contributed by atoms with van der Waals surface area (Å²) < 4.78 is 6.70. The molecule has 0 aliphatic heterocycles. The molecule has 0 atom stereocenters. The zero-order chi connectivity index (χ0) is 17.6. The highest BCUT2D eigenvalue weighted by Gasteiger charge is 2.20. The van der Waals surface area contributed by atoms with Crippen LogP contribution < -0.4 is 9.64 Å². The third-order valence-corrected chi connectivity index (χ3v) is 4.75. The zero-order valence-corrected chi connectivity index (χ0v) is 15.2. The third-order valence-electron chi connectivity index (χ3n) is 3.69. The van der Waals surface area contributed by atoms with E-state index in [4.69, 9.17) is 4.74 Å². The van der Waals surface area contributed by atoms with E-state index in [1.54, 1.807) is 4.90 Å². The molecule has 0 saturated heterocycles. The number of para-hydroxylation sites is 2. The summed E-state index contributed by atoms with van der Waals surface area (Å²) in [5.41, 5.74) is 0.911. The maximum absolute atomic E-state index is 12.8. The Morgan fingerprint density at radius 1 is 1.04 bits per heavy atom. The molecular formula is C19H21N3O2S. The zero-order valence-electron chi connectivity index (χ0n) is 14.4. The number of carbonyl (C=O) groups is 1. The molecule has 0 bridgehead atoms. The van der Waals surface area contributed by atoms with E-state index in [2.05, 4.69) is 4.98 Å². The average Bonchev–Trinajstić information content (AvgIpc) is 3.04. The molecule has 0 saturated carbocycles. The highest BCUT2D eigenvalue weighted by molar-refractivity contribution is 7.22. The van der Waals surface area contributed by atoms with Crippen LogP contribution in [-0.2, 0) is 4.79 Å². The lowest BCUT2D eigenvalue weighted by molar-refractivity contribution is -0.120. The molecule has 0 aliphatic carbocycles. The van der Waals surface area contributed by atoms with Gasteiger partial charge in [-0.25, -0.2) is 4.98 Å². The summed E-state index contributed by atoms with van der Waals surface area (Å²) in [6.07, 6.45) is 0. The molecule has 0 aliphatic rings. The number of fused-ring (bicyclic) bond motifs is 1. The largest absolute Gasteiger partial charge is 0.484 e. The number of rotatable bonds is 7. The lowest BCUT2D eigenvalue weighted by Crippen LogP contribution is -2.39. The van der Waals surface area contributed by atoms with Crippen LogP contribution in [0.3, 0.4) is 0 Å². The predicted octanol–water partition coefficient (Wildman–Crippen LogP) is 3.27. The van der Waals surface area contributed by atoms with E-state index in [1.807, 2.05) is 73.6 Å². The second-order valence-electron chi connectivity index (χ2n) is 5.91. The average molecular weight is 355 g/mol. The maximum Gasteiger partial charge on any atom is 0.266 e. The predicted molar refractivity (Wildman–Crippen MR) is 102 cm³/mol. The Labute approximate surface area is 151 Å². The van der Waals surface area contributed by atoms with Crippen LogP contribution in [0.2, 0.25) is 0 Å². The molecule has 2 aromatic carbocycles. The van der Waals surface area contributed by atoms with Crippen molar-refractivity contribution in [3.8, 4) is 5.75 Å². The number of benzene rings is 2. The van der Waals surface area contributed by atoms with Crippen molar-refractivity contribution < 1.29 is 9.53 Å². The van der Waals surface area contributed by atoms with E-state index in [9.17, 15) is 4.79 Å². The molecule has 25 heavy (non-hydrogen) atoms. The molecular weight excluding hydrogens is 334 g/mol. The Morgan fingerprint density at radius 3 is 2.48 bits per heavy atom. The van der Waals surface area contributed by atoms with Gasteiger partial charge in [0.25, 0.3) is 5.91 Å². The first-order chi connectivity index (χ1) is 12.1. The Morgan fingerprint density at radius 2 is 1.76 bits per heavy atom. The van der Waals surface area contributed by atoms with Gasteiger partial charge in [0.1, 0.15) is 5.75 Å². The summed E-state index contributed by atoms with van der Waals surface area (Å²) >= 11 is 1.53. The van der Waals surface area contributed by atoms with Gasteiger partial charge < -0.3 is 9.64 Å². The molecule has 0 unspecified atom stereocenters. The lowest BCUT2D eigenvalue weighted by atomic mass is 10.3. The van der Waals surface area contributed by atoms with Crippen LogP contribution in [0.15, 0.2) is 54.6 Å². The molecule has 0 radical (unpaired) electrons. The molecule has 1 aromatic heterocycles. The molecule has 3 aromatic rings. The van der Waals surface area contributed by atoms with Crippen molar-refractivity contribution in [2.45, 2.75) is 0 Å². The third kappa shape index (κ3) is 4.55. The van der Waals surface area contributed by atoms with Gasteiger partial charge in [-0.05, 0) is 38.4 Å². The first kappa shape index (κ1) is 17.4. The number of anilines is 1. The number of likely N-dealkylation sites (N-methyl/N-ethyl adjacent to an activating group) is 1. The summed E-state index contributed by atoms with van der Waals surface area (Å²) in [6, 6.07) is 17.3. The minimum absolute atomic E-state index is 0.00658. The molecule has 130 valence electrons. The Hall–Kier alpha value is -2.44. The smallest absolute Gasteiger partial charge is 0.266 e. The highest BCUT2D eigenvalue weighted by atomic mass is 32.1. The molecule has 1 heterocycles. The normalized spacial score (nSPS) is 11.0. The molecule has 5 nitrogen and oxygen atoms in total. The molecule has 3 rings (SSSR count). The van der Waals surface area contributed by atoms with Crippen molar-refractivity contribution in [1.29, 1.82) is 0 Å². The fraction of sp³-hybridized carbons (Fsp3) is 0.263. The number of aromatic nitrogens is 1. The van der Waals surface area contributed by atoms with Gasteiger partial charge >= 0.3 is 0 Å². The number of hydrogen-bond acceptors (Lipinski definition) is 5. The summed E-state index contributed by atoms with van der Waals surface area (Å²) in [7, 11) is 3.98. The van der Waals surface area contributed by atoms with Gasteiger partial charge in [0, 0.05) is 13.1 Å². The molecule has 6 heteroatoms. The van der Waals surface area contributed by atoms with Crippen LogP contribution >= 0.6 is 11.3 Å². The number of hydrogen-bond donors (Lipinski definition) is 0.